The molecule has 0 bridgehead atoms. The van der Waals surface area contributed by atoms with Crippen molar-refractivity contribution < 1.29 is 4.39 Å². The number of rotatable bonds is 1. The smallest absolute Gasteiger partial charge is 0.117 e. The Morgan fingerprint density at radius 3 is 1.31 bits per heavy atom. The minimum Gasteiger partial charge on any atom is -0.246 e. The van der Waals surface area contributed by atoms with Gasteiger partial charge in [0.1, 0.15) is 6.67 Å². The van der Waals surface area contributed by atoms with Gasteiger partial charge in [0.15, 0.2) is 0 Å². The fourth-order valence-corrected chi connectivity index (χ4v) is 4.11. The summed E-state index contributed by atoms with van der Waals surface area (Å²) >= 11 is 16.7. The molecule has 0 radical (unpaired) electrons. The van der Waals surface area contributed by atoms with Crippen LogP contribution in [-0.4, -0.2) is 0 Å². The minimum atomic E-state index is -0.522. The number of alkyl halides is 1. The summed E-state index contributed by atoms with van der Waals surface area (Å²) < 4.78 is 16.5. The Labute approximate surface area is 117 Å². The lowest BCUT2D eigenvalue weighted by Crippen LogP contribution is -1.89. The van der Waals surface area contributed by atoms with E-state index in [9.17, 15) is 4.39 Å². The van der Waals surface area contributed by atoms with Crippen LogP contribution in [0.3, 0.4) is 0 Å². The van der Waals surface area contributed by atoms with Gasteiger partial charge in [0, 0.05) is 27.9 Å². The van der Waals surface area contributed by atoms with Crippen molar-refractivity contribution in [3.05, 3.63) is 27.9 Å². The fourth-order valence-electron chi connectivity index (χ4n) is 0.768. The molecule has 0 N–H and O–H groups in total. The van der Waals surface area contributed by atoms with E-state index in [0.29, 0.717) is 5.56 Å². The first-order valence-electron chi connectivity index (χ1n) is 3.07. The first-order chi connectivity index (χ1) is 6.00. The van der Waals surface area contributed by atoms with Crippen molar-refractivity contribution >= 4 is 79.6 Å². The van der Waals surface area contributed by atoms with E-state index >= 15 is 0 Å². The number of hydrogen-bond donors (Lipinski definition) is 0. The van der Waals surface area contributed by atoms with Crippen molar-refractivity contribution in [1.29, 1.82) is 0 Å². The van der Waals surface area contributed by atoms with E-state index in [1.165, 1.54) is 0 Å². The van der Waals surface area contributed by atoms with Crippen LogP contribution in [0.4, 0.5) is 4.39 Å². The topological polar surface area (TPSA) is 0 Å². The number of halogens is 6. The first kappa shape index (κ1) is 12.6. The van der Waals surface area contributed by atoms with Gasteiger partial charge in [-0.1, -0.05) is 0 Å². The lowest BCUT2D eigenvalue weighted by molar-refractivity contribution is 0.482. The third kappa shape index (κ3) is 2.38. The normalized spacial score (nSPS) is 10.6. The molecular weight excluding hydrogens is 503 g/mol. The Kier molecular flexibility index (Phi) is 4.91. The Hall–Kier alpha value is 1.55. The number of hydrogen-bond acceptors (Lipinski definition) is 0. The molecule has 0 aromatic heterocycles. The lowest BCUT2D eigenvalue weighted by Gasteiger charge is -2.10. The van der Waals surface area contributed by atoms with E-state index in [2.05, 4.69) is 79.6 Å². The zero-order valence-electron chi connectivity index (χ0n) is 5.97. The van der Waals surface area contributed by atoms with E-state index in [0.717, 1.165) is 22.4 Å². The maximum absolute atomic E-state index is 12.6. The Morgan fingerprint density at radius 1 is 0.692 bits per heavy atom. The van der Waals surface area contributed by atoms with E-state index in [4.69, 9.17) is 0 Å². The molecule has 13 heavy (non-hydrogen) atoms. The quantitative estimate of drug-likeness (QED) is 0.327. The fraction of sp³-hybridized carbons (Fsp3) is 0.143. The maximum Gasteiger partial charge on any atom is 0.117 e. The molecule has 72 valence electrons. The van der Waals surface area contributed by atoms with E-state index < -0.39 is 6.67 Å². The second kappa shape index (κ2) is 5.05. The van der Waals surface area contributed by atoms with Gasteiger partial charge < -0.3 is 0 Å². The van der Waals surface area contributed by atoms with Crippen molar-refractivity contribution in [1.82, 2.24) is 0 Å². The molecule has 0 spiro atoms. The van der Waals surface area contributed by atoms with Gasteiger partial charge >= 0.3 is 0 Å². The van der Waals surface area contributed by atoms with Crippen molar-refractivity contribution in [2.24, 2.45) is 0 Å². The first-order valence-corrected chi connectivity index (χ1v) is 7.03. The molecule has 0 amide bonds. The van der Waals surface area contributed by atoms with E-state index in [1.54, 1.807) is 0 Å². The molecule has 1 rings (SSSR count). The monoisotopic (exact) mass is 500 g/mol. The van der Waals surface area contributed by atoms with Crippen LogP contribution in [0.15, 0.2) is 22.4 Å². The van der Waals surface area contributed by atoms with Crippen LogP contribution in [0.2, 0.25) is 0 Å². The molecule has 0 aliphatic heterocycles. The highest BCUT2D eigenvalue weighted by Crippen LogP contribution is 2.44. The summed E-state index contributed by atoms with van der Waals surface area (Å²) in [6.45, 7) is -0.522. The van der Waals surface area contributed by atoms with Gasteiger partial charge in [0.05, 0.1) is 0 Å². The van der Waals surface area contributed by atoms with Gasteiger partial charge in [0.2, 0.25) is 0 Å². The van der Waals surface area contributed by atoms with Crippen LogP contribution in [0, 0.1) is 0 Å². The molecule has 0 heterocycles. The summed E-state index contributed by atoms with van der Waals surface area (Å²) in [6, 6.07) is 0. The zero-order valence-corrected chi connectivity index (χ0v) is 13.9. The van der Waals surface area contributed by atoms with Crippen molar-refractivity contribution in [3.63, 3.8) is 0 Å². The van der Waals surface area contributed by atoms with Gasteiger partial charge in [-0.15, -0.1) is 0 Å². The molecule has 0 fully saturated rings. The molecule has 6 heteroatoms. The van der Waals surface area contributed by atoms with E-state index in [-0.39, 0.29) is 0 Å². The van der Waals surface area contributed by atoms with Crippen LogP contribution >= 0.6 is 79.6 Å². The lowest BCUT2D eigenvalue weighted by atomic mass is 10.2. The molecular formula is C7H2Br5F. The number of benzene rings is 1. The van der Waals surface area contributed by atoms with Gasteiger partial charge in [-0.05, 0) is 79.6 Å². The SMILES string of the molecule is FCc1c(Br)c(Br)c(Br)c(Br)c1Br. The Bertz CT molecular complexity index is 320. The van der Waals surface area contributed by atoms with Crippen molar-refractivity contribution in [3.8, 4) is 0 Å². The Morgan fingerprint density at radius 2 is 1.00 bits per heavy atom. The molecule has 0 aliphatic carbocycles. The van der Waals surface area contributed by atoms with Crippen LogP contribution < -0.4 is 0 Å². The third-order valence-corrected chi connectivity index (χ3v) is 7.69. The van der Waals surface area contributed by atoms with Gasteiger partial charge in [-0.25, -0.2) is 4.39 Å². The van der Waals surface area contributed by atoms with Gasteiger partial charge in [0.25, 0.3) is 0 Å². The minimum absolute atomic E-state index is 0.522. The average Bonchev–Trinajstić information content (AvgIpc) is 2.13. The molecule has 0 aliphatic rings. The Balaban J connectivity index is 3.56. The van der Waals surface area contributed by atoms with E-state index in [1.807, 2.05) is 0 Å². The molecule has 0 unspecified atom stereocenters. The summed E-state index contributed by atoms with van der Waals surface area (Å²) in [7, 11) is 0. The third-order valence-electron chi connectivity index (χ3n) is 1.43. The van der Waals surface area contributed by atoms with Gasteiger partial charge in [-0.3, -0.25) is 0 Å². The molecule has 0 saturated carbocycles. The van der Waals surface area contributed by atoms with Crippen molar-refractivity contribution in [2.75, 3.05) is 0 Å². The summed E-state index contributed by atoms with van der Waals surface area (Å²) in [5.74, 6) is 0. The van der Waals surface area contributed by atoms with Crippen LogP contribution in [-0.2, 0) is 6.67 Å². The molecule has 0 atom stereocenters. The maximum atomic E-state index is 12.6. The summed E-state index contributed by atoms with van der Waals surface area (Å²) in [5.41, 5.74) is 0.585. The van der Waals surface area contributed by atoms with Crippen LogP contribution in [0.25, 0.3) is 0 Å². The predicted molar refractivity (Wildman–Crippen MR) is 69.8 cm³/mol. The van der Waals surface area contributed by atoms with Crippen molar-refractivity contribution in [2.45, 2.75) is 6.67 Å². The second-order valence-corrected chi connectivity index (χ2v) is 6.15. The summed E-state index contributed by atoms with van der Waals surface area (Å²) in [6.07, 6.45) is 0. The van der Waals surface area contributed by atoms with Gasteiger partial charge in [-0.2, -0.15) is 0 Å². The predicted octanol–water partition coefficient (Wildman–Crippen LogP) is 5.97. The van der Waals surface area contributed by atoms with Crippen LogP contribution in [0.1, 0.15) is 5.56 Å². The molecule has 0 saturated heterocycles. The zero-order chi connectivity index (χ0) is 10.2. The standard InChI is InChI=1S/C7H2Br5F/c8-3-2(1-13)4(9)6(11)7(12)5(3)10/h1H2. The molecule has 0 nitrogen and oxygen atoms in total. The second-order valence-electron chi connectivity index (χ2n) is 2.18. The van der Waals surface area contributed by atoms with Crippen LogP contribution in [0.5, 0.6) is 0 Å². The molecule has 1 aromatic carbocycles. The summed E-state index contributed by atoms with van der Waals surface area (Å²) in [5, 5.41) is 0. The average molecular weight is 505 g/mol. The summed E-state index contributed by atoms with van der Waals surface area (Å²) in [4.78, 5) is 0. The highest BCUT2D eigenvalue weighted by molar-refractivity contribution is 9.15. The highest BCUT2D eigenvalue weighted by atomic mass is 79.9. The molecule has 1 aromatic rings. The largest absolute Gasteiger partial charge is 0.246 e. The highest BCUT2D eigenvalue weighted by Gasteiger charge is 2.16.